The first-order valence-electron chi connectivity index (χ1n) is 6.80. The van der Waals surface area contributed by atoms with Crippen LogP contribution >= 0.6 is 27.5 Å². The van der Waals surface area contributed by atoms with Gasteiger partial charge < -0.3 is 14.8 Å². The molecule has 0 fully saturated rings. The van der Waals surface area contributed by atoms with Crippen molar-refractivity contribution in [3.05, 3.63) is 51.5 Å². The summed E-state index contributed by atoms with van der Waals surface area (Å²) in [4.78, 5) is 12.4. The summed E-state index contributed by atoms with van der Waals surface area (Å²) in [6, 6.07) is 10.6. The predicted octanol–water partition coefficient (Wildman–Crippen LogP) is 4.52. The Labute approximate surface area is 141 Å². The molecule has 114 valence electrons. The number of nitrogens with one attached hydrogen (secondary N) is 1. The van der Waals surface area contributed by atoms with Gasteiger partial charge in [0.1, 0.15) is 0 Å². The minimum atomic E-state index is -0.260. The van der Waals surface area contributed by atoms with Crippen molar-refractivity contribution >= 4 is 39.1 Å². The molecule has 0 radical (unpaired) electrons. The Bertz CT molecular complexity index is 721. The second-order valence-electron chi connectivity index (χ2n) is 4.77. The van der Waals surface area contributed by atoms with Crippen molar-refractivity contribution in [3.63, 3.8) is 0 Å². The molecule has 1 aliphatic rings. The van der Waals surface area contributed by atoms with Gasteiger partial charge in [-0.05, 0) is 40.2 Å². The average Bonchev–Trinajstić information content (AvgIpc) is 2.75. The fourth-order valence-corrected chi connectivity index (χ4v) is 2.77. The lowest BCUT2D eigenvalue weighted by molar-refractivity contribution is 0.102. The highest BCUT2D eigenvalue weighted by Gasteiger charge is 2.18. The topological polar surface area (TPSA) is 47.6 Å². The van der Waals surface area contributed by atoms with E-state index in [9.17, 15) is 4.79 Å². The number of para-hydroxylation sites is 1. The van der Waals surface area contributed by atoms with Crippen LogP contribution in [0.15, 0.2) is 40.9 Å². The van der Waals surface area contributed by atoms with Gasteiger partial charge in [0.25, 0.3) is 5.91 Å². The second kappa shape index (κ2) is 6.58. The van der Waals surface area contributed by atoms with E-state index in [-0.39, 0.29) is 5.91 Å². The quantitative estimate of drug-likeness (QED) is 0.831. The molecule has 0 saturated heterocycles. The van der Waals surface area contributed by atoms with Crippen LogP contribution in [0, 0.1) is 0 Å². The van der Waals surface area contributed by atoms with Crippen LogP contribution in [0.4, 0.5) is 5.69 Å². The molecular formula is C16H13BrClNO3. The number of hydrogen-bond acceptors (Lipinski definition) is 3. The molecule has 22 heavy (non-hydrogen) atoms. The third-order valence-corrected chi connectivity index (χ3v) is 4.16. The number of carbonyl (C=O) groups is 1. The highest BCUT2D eigenvalue weighted by molar-refractivity contribution is 9.10. The van der Waals surface area contributed by atoms with Gasteiger partial charge in [-0.1, -0.05) is 23.7 Å². The van der Waals surface area contributed by atoms with Crippen LogP contribution in [0.2, 0.25) is 5.02 Å². The standard InChI is InChI=1S/C16H13BrClNO3/c17-11-4-1-2-5-13(11)19-16(20)10-8-12(18)15-14(9-10)21-6-3-7-22-15/h1-2,4-5,8-9H,3,6-7H2,(H,19,20). The van der Waals surface area contributed by atoms with E-state index in [1.54, 1.807) is 12.1 Å². The molecule has 1 heterocycles. The minimum Gasteiger partial charge on any atom is -0.489 e. The Hall–Kier alpha value is -1.72. The van der Waals surface area contributed by atoms with Crippen molar-refractivity contribution in [1.82, 2.24) is 0 Å². The lowest BCUT2D eigenvalue weighted by Gasteiger charge is -2.12. The van der Waals surface area contributed by atoms with Crippen LogP contribution in [0.25, 0.3) is 0 Å². The van der Waals surface area contributed by atoms with Crippen molar-refractivity contribution in [3.8, 4) is 11.5 Å². The number of anilines is 1. The molecule has 4 nitrogen and oxygen atoms in total. The lowest BCUT2D eigenvalue weighted by atomic mass is 10.1. The molecule has 0 aromatic heterocycles. The molecule has 2 aromatic rings. The minimum absolute atomic E-state index is 0.260. The first kappa shape index (κ1) is 15.2. The largest absolute Gasteiger partial charge is 0.489 e. The number of rotatable bonds is 2. The molecule has 1 N–H and O–H groups in total. The molecule has 2 aromatic carbocycles. The predicted molar refractivity (Wildman–Crippen MR) is 89.2 cm³/mol. The smallest absolute Gasteiger partial charge is 0.255 e. The first-order valence-corrected chi connectivity index (χ1v) is 7.97. The van der Waals surface area contributed by atoms with Crippen molar-refractivity contribution in [2.75, 3.05) is 18.5 Å². The summed E-state index contributed by atoms with van der Waals surface area (Å²) < 4.78 is 12.0. The molecule has 1 aliphatic heterocycles. The van der Waals surface area contributed by atoms with Crippen LogP contribution < -0.4 is 14.8 Å². The van der Waals surface area contributed by atoms with Crippen LogP contribution in [-0.2, 0) is 0 Å². The maximum atomic E-state index is 12.4. The zero-order chi connectivity index (χ0) is 15.5. The number of benzene rings is 2. The second-order valence-corrected chi connectivity index (χ2v) is 6.03. The van der Waals surface area contributed by atoms with Gasteiger partial charge in [0.05, 0.1) is 23.9 Å². The molecule has 0 atom stereocenters. The van der Waals surface area contributed by atoms with Crippen LogP contribution in [0.3, 0.4) is 0 Å². The van der Waals surface area contributed by atoms with E-state index in [2.05, 4.69) is 21.2 Å². The number of hydrogen-bond donors (Lipinski definition) is 1. The van der Waals surface area contributed by atoms with E-state index in [0.717, 1.165) is 10.9 Å². The van der Waals surface area contributed by atoms with Crippen LogP contribution in [-0.4, -0.2) is 19.1 Å². The molecule has 0 unspecified atom stereocenters. The lowest BCUT2D eigenvalue weighted by Crippen LogP contribution is -2.12. The van der Waals surface area contributed by atoms with Gasteiger partial charge in [0, 0.05) is 16.5 Å². The maximum absolute atomic E-state index is 12.4. The highest BCUT2D eigenvalue weighted by atomic mass is 79.9. The van der Waals surface area contributed by atoms with Gasteiger partial charge in [-0.25, -0.2) is 0 Å². The van der Waals surface area contributed by atoms with Gasteiger partial charge in [-0.3, -0.25) is 4.79 Å². The first-order chi connectivity index (χ1) is 10.6. The number of carbonyl (C=O) groups excluding carboxylic acids is 1. The van der Waals surface area contributed by atoms with E-state index in [1.807, 2.05) is 24.3 Å². The fraction of sp³-hybridized carbons (Fsp3) is 0.188. The Morgan fingerprint density at radius 3 is 2.77 bits per heavy atom. The van der Waals surface area contributed by atoms with Crippen molar-refractivity contribution in [2.24, 2.45) is 0 Å². The molecule has 0 bridgehead atoms. The van der Waals surface area contributed by atoms with Crippen molar-refractivity contribution in [1.29, 1.82) is 0 Å². The van der Waals surface area contributed by atoms with E-state index in [1.165, 1.54) is 0 Å². The summed E-state index contributed by atoms with van der Waals surface area (Å²) in [5.41, 5.74) is 1.11. The number of halogens is 2. The van der Waals surface area contributed by atoms with Gasteiger partial charge in [-0.2, -0.15) is 0 Å². The molecule has 0 aliphatic carbocycles. The Balaban J connectivity index is 1.88. The maximum Gasteiger partial charge on any atom is 0.255 e. The van der Waals surface area contributed by atoms with Gasteiger partial charge in [0.2, 0.25) is 0 Å². The van der Waals surface area contributed by atoms with Crippen molar-refractivity contribution in [2.45, 2.75) is 6.42 Å². The van der Waals surface area contributed by atoms with E-state index >= 15 is 0 Å². The molecular weight excluding hydrogens is 370 g/mol. The molecule has 1 amide bonds. The molecule has 0 saturated carbocycles. The molecule has 6 heteroatoms. The van der Waals surface area contributed by atoms with Crippen LogP contribution in [0.5, 0.6) is 11.5 Å². The van der Waals surface area contributed by atoms with Crippen molar-refractivity contribution < 1.29 is 14.3 Å². The van der Waals surface area contributed by atoms with Gasteiger partial charge >= 0.3 is 0 Å². The Morgan fingerprint density at radius 2 is 1.95 bits per heavy atom. The number of ether oxygens (including phenoxy) is 2. The summed E-state index contributed by atoms with van der Waals surface area (Å²) in [7, 11) is 0. The number of amides is 1. The number of fused-ring (bicyclic) bond motifs is 1. The summed E-state index contributed by atoms with van der Waals surface area (Å²) in [6.45, 7) is 1.09. The van der Waals surface area contributed by atoms with E-state index in [0.29, 0.717) is 41.0 Å². The third kappa shape index (κ3) is 3.20. The zero-order valence-corrected chi connectivity index (χ0v) is 13.9. The van der Waals surface area contributed by atoms with E-state index in [4.69, 9.17) is 21.1 Å². The van der Waals surface area contributed by atoms with Gasteiger partial charge in [-0.15, -0.1) is 0 Å². The Morgan fingerprint density at radius 1 is 1.18 bits per heavy atom. The summed E-state index contributed by atoms with van der Waals surface area (Å²) in [5.74, 6) is 0.739. The summed E-state index contributed by atoms with van der Waals surface area (Å²) >= 11 is 9.60. The average molecular weight is 383 g/mol. The third-order valence-electron chi connectivity index (χ3n) is 3.19. The summed E-state index contributed by atoms with van der Waals surface area (Å²) in [5, 5.41) is 3.21. The normalized spacial score (nSPS) is 13.4. The monoisotopic (exact) mass is 381 g/mol. The molecule has 0 spiro atoms. The van der Waals surface area contributed by atoms with Crippen LogP contribution in [0.1, 0.15) is 16.8 Å². The van der Waals surface area contributed by atoms with Gasteiger partial charge in [0.15, 0.2) is 11.5 Å². The molecule has 3 rings (SSSR count). The SMILES string of the molecule is O=C(Nc1ccccc1Br)c1cc(Cl)c2c(c1)OCCCO2. The highest BCUT2D eigenvalue weighted by Crippen LogP contribution is 2.38. The van der Waals surface area contributed by atoms with E-state index < -0.39 is 0 Å². The fourth-order valence-electron chi connectivity index (χ4n) is 2.12. The summed E-state index contributed by atoms with van der Waals surface area (Å²) in [6.07, 6.45) is 0.781. The zero-order valence-electron chi connectivity index (χ0n) is 11.6. The Kier molecular flexibility index (Phi) is 4.55.